The largest absolute Gasteiger partial charge is 0.474 e. The third-order valence-corrected chi connectivity index (χ3v) is 3.48. The summed E-state index contributed by atoms with van der Waals surface area (Å²) in [4.78, 5) is 9.11. The van der Waals surface area contributed by atoms with E-state index in [0.29, 0.717) is 11.8 Å². The van der Waals surface area contributed by atoms with Crippen LogP contribution in [-0.2, 0) is 4.74 Å². The number of nitrogens with one attached hydrogen (secondary N) is 1. The van der Waals surface area contributed by atoms with E-state index in [9.17, 15) is 0 Å². The topological polar surface area (TPSA) is 56.3 Å². The maximum Gasteiger partial charge on any atom is 0.219 e. The highest BCUT2D eigenvalue weighted by molar-refractivity contribution is 5.39. The van der Waals surface area contributed by atoms with Crippen LogP contribution in [0.15, 0.2) is 6.07 Å². The molecule has 3 rings (SSSR count). The van der Waals surface area contributed by atoms with Gasteiger partial charge in [0.25, 0.3) is 0 Å². The molecule has 1 N–H and O–H groups in total. The zero-order valence-corrected chi connectivity index (χ0v) is 11.4. The molecule has 2 fully saturated rings. The molecule has 1 aliphatic carbocycles. The molecule has 1 aliphatic heterocycles. The fraction of sp³-hybridized carbons (Fsp3) is 0.714. The molecule has 0 aromatic carbocycles. The SMILES string of the molecule is CCNc1cc(OC2CCOCC2)nc(C2CC2)n1. The molecule has 1 aromatic heterocycles. The first-order valence-corrected chi connectivity index (χ1v) is 7.22. The summed E-state index contributed by atoms with van der Waals surface area (Å²) in [5.74, 6) is 3.05. The van der Waals surface area contributed by atoms with Gasteiger partial charge < -0.3 is 14.8 Å². The number of hydrogen-bond acceptors (Lipinski definition) is 5. The van der Waals surface area contributed by atoms with E-state index in [1.165, 1.54) is 12.8 Å². The maximum atomic E-state index is 5.99. The molecule has 5 nitrogen and oxygen atoms in total. The normalized spacial score (nSPS) is 20.3. The standard InChI is InChI=1S/C14H21N3O2/c1-2-15-12-9-13(17-14(16-12)10-3-4-10)19-11-5-7-18-8-6-11/h9-11H,2-8H2,1H3,(H,15,16,17). The first-order chi connectivity index (χ1) is 9.35. The van der Waals surface area contributed by atoms with Crippen LogP contribution >= 0.6 is 0 Å². The zero-order valence-electron chi connectivity index (χ0n) is 11.4. The Morgan fingerprint density at radius 3 is 2.74 bits per heavy atom. The van der Waals surface area contributed by atoms with Gasteiger partial charge in [-0.25, -0.2) is 4.98 Å². The third kappa shape index (κ3) is 3.35. The first kappa shape index (κ1) is 12.7. The Bertz CT molecular complexity index is 429. The highest BCUT2D eigenvalue weighted by atomic mass is 16.5. The van der Waals surface area contributed by atoms with Crippen molar-refractivity contribution in [3.63, 3.8) is 0 Å². The van der Waals surface area contributed by atoms with Gasteiger partial charge in [0.2, 0.25) is 5.88 Å². The van der Waals surface area contributed by atoms with E-state index in [2.05, 4.69) is 22.2 Å². The summed E-state index contributed by atoms with van der Waals surface area (Å²) in [5.41, 5.74) is 0. The zero-order chi connectivity index (χ0) is 13.1. The van der Waals surface area contributed by atoms with Gasteiger partial charge in [0, 0.05) is 31.4 Å². The Hall–Kier alpha value is -1.36. The van der Waals surface area contributed by atoms with Crippen molar-refractivity contribution >= 4 is 5.82 Å². The molecule has 0 radical (unpaired) electrons. The Labute approximate surface area is 113 Å². The molecule has 0 amide bonds. The van der Waals surface area contributed by atoms with Gasteiger partial charge in [-0.3, -0.25) is 0 Å². The monoisotopic (exact) mass is 263 g/mol. The Kier molecular flexibility index (Phi) is 3.82. The van der Waals surface area contributed by atoms with Crippen molar-refractivity contribution in [2.75, 3.05) is 25.1 Å². The van der Waals surface area contributed by atoms with Gasteiger partial charge in [0.15, 0.2) is 0 Å². The van der Waals surface area contributed by atoms with Crippen LogP contribution in [0.5, 0.6) is 5.88 Å². The second kappa shape index (κ2) is 5.74. The third-order valence-electron chi connectivity index (χ3n) is 3.48. The second-order valence-electron chi connectivity index (χ2n) is 5.18. The van der Waals surface area contributed by atoms with Crippen molar-refractivity contribution in [3.05, 3.63) is 11.9 Å². The molecular weight excluding hydrogens is 242 g/mol. The summed E-state index contributed by atoms with van der Waals surface area (Å²) in [5, 5.41) is 3.25. The second-order valence-corrected chi connectivity index (χ2v) is 5.18. The van der Waals surface area contributed by atoms with Crippen LogP contribution in [-0.4, -0.2) is 35.8 Å². The predicted molar refractivity (Wildman–Crippen MR) is 72.6 cm³/mol. The average Bonchev–Trinajstić information content (AvgIpc) is 3.24. The predicted octanol–water partition coefficient (Wildman–Crippen LogP) is 2.34. The molecule has 2 aliphatic rings. The van der Waals surface area contributed by atoms with Gasteiger partial charge in [0.05, 0.1) is 13.2 Å². The Balaban J connectivity index is 1.74. The van der Waals surface area contributed by atoms with Gasteiger partial charge >= 0.3 is 0 Å². The van der Waals surface area contributed by atoms with Crippen LogP contribution in [0.3, 0.4) is 0 Å². The minimum atomic E-state index is 0.227. The van der Waals surface area contributed by atoms with Gasteiger partial charge in [0.1, 0.15) is 17.7 Å². The lowest BCUT2D eigenvalue weighted by Crippen LogP contribution is -2.26. The first-order valence-electron chi connectivity index (χ1n) is 7.22. The lowest BCUT2D eigenvalue weighted by Gasteiger charge is -2.23. The minimum Gasteiger partial charge on any atom is -0.474 e. The molecule has 1 aromatic rings. The van der Waals surface area contributed by atoms with Crippen molar-refractivity contribution in [1.29, 1.82) is 0 Å². The minimum absolute atomic E-state index is 0.227. The van der Waals surface area contributed by atoms with Gasteiger partial charge in [-0.1, -0.05) is 0 Å². The van der Waals surface area contributed by atoms with E-state index >= 15 is 0 Å². The quantitative estimate of drug-likeness (QED) is 0.883. The lowest BCUT2D eigenvalue weighted by atomic mass is 10.1. The molecule has 19 heavy (non-hydrogen) atoms. The van der Waals surface area contributed by atoms with Crippen molar-refractivity contribution in [1.82, 2.24) is 9.97 Å². The Morgan fingerprint density at radius 2 is 2.05 bits per heavy atom. The van der Waals surface area contributed by atoms with E-state index in [-0.39, 0.29) is 6.10 Å². The summed E-state index contributed by atoms with van der Waals surface area (Å²) in [6, 6.07) is 1.91. The molecule has 0 atom stereocenters. The van der Waals surface area contributed by atoms with Crippen molar-refractivity contribution in [2.45, 2.75) is 44.6 Å². The van der Waals surface area contributed by atoms with Crippen LogP contribution in [0.1, 0.15) is 44.3 Å². The smallest absolute Gasteiger partial charge is 0.219 e. The van der Waals surface area contributed by atoms with Crippen LogP contribution in [0, 0.1) is 0 Å². The average molecular weight is 263 g/mol. The van der Waals surface area contributed by atoms with Gasteiger partial charge in [-0.05, 0) is 19.8 Å². The van der Waals surface area contributed by atoms with E-state index in [1.54, 1.807) is 0 Å². The molecule has 5 heteroatoms. The fourth-order valence-corrected chi connectivity index (χ4v) is 2.26. The lowest BCUT2D eigenvalue weighted by molar-refractivity contribution is 0.0236. The number of rotatable bonds is 5. The summed E-state index contributed by atoms with van der Waals surface area (Å²) >= 11 is 0. The number of ether oxygens (including phenoxy) is 2. The van der Waals surface area contributed by atoms with Crippen LogP contribution < -0.4 is 10.1 Å². The van der Waals surface area contributed by atoms with E-state index < -0.39 is 0 Å². The fourth-order valence-electron chi connectivity index (χ4n) is 2.26. The number of hydrogen-bond donors (Lipinski definition) is 1. The molecule has 1 saturated carbocycles. The van der Waals surface area contributed by atoms with E-state index in [1.807, 2.05) is 6.07 Å². The summed E-state index contributed by atoms with van der Waals surface area (Å²) in [7, 11) is 0. The van der Waals surface area contributed by atoms with E-state index in [4.69, 9.17) is 9.47 Å². The van der Waals surface area contributed by atoms with Crippen LogP contribution in [0.2, 0.25) is 0 Å². The summed E-state index contributed by atoms with van der Waals surface area (Å²) in [6.45, 7) is 4.49. The van der Waals surface area contributed by atoms with Crippen molar-refractivity contribution in [2.24, 2.45) is 0 Å². The molecule has 2 heterocycles. The van der Waals surface area contributed by atoms with E-state index in [0.717, 1.165) is 44.2 Å². The van der Waals surface area contributed by atoms with Crippen LogP contribution in [0.25, 0.3) is 0 Å². The highest BCUT2D eigenvalue weighted by Gasteiger charge is 2.28. The highest BCUT2D eigenvalue weighted by Crippen LogP contribution is 2.39. The van der Waals surface area contributed by atoms with Crippen molar-refractivity contribution < 1.29 is 9.47 Å². The van der Waals surface area contributed by atoms with Crippen molar-refractivity contribution in [3.8, 4) is 5.88 Å². The number of nitrogens with zero attached hydrogens (tertiary/aromatic N) is 2. The molecule has 0 spiro atoms. The number of aromatic nitrogens is 2. The molecular formula is C14H21N3O2. The molecule has 0 bridgehead atoms. The Morgan fingerprint density at radius 1 is 1.26 bits per heavy atom. The maximum absolute atomic E-state index is 5.99. The molecule has 0 unspecified atom stereocenters. The summed E-state index contributed by atoms with van der Waals surface area (Å²) in [6.07, 6.45) is 4.52. The number of anilines is 1. The summed E-state index contributed by atoms with van der Waals surface area (Å²) < 4.78 is 11.3. The molecule has 1 saturated heterocycles. The van der Waals surface area contributed by atoms with Crippen LogP contribution in [0.4, 0.5) is 5.82 Å². The van der Waals surface area contributed by atoms with Gasteiger partial charge in [-0.15, -0.1) is 0 Å². The molecule has 104 valence electrons. The van der Waals surface area contributed by atoms with Gasteiger partial charge in [-0.2, -0.15) is 4.98 Å².